The van der Waals surface area contributed by atoms with Crippen molar-refractivity contribution in [3.63, 3.8) is 0 Å². The lowest BCUT2D eigenvalue weighted by molar-refractivity contribution is -0.133. The van der Waals surface area contributed by atoms with E-state index in [9.17, 15) is 24.0 Å². The highest BCUT2D eigenvalue weighted by atomic mass is 16.5. The van der Waals surface area contributed by atoms with Gasteiger partial charge in [-0.1, -0.05) is 18.2 Å². The number of alkyl carbamates (subject to hydrolysis) is 1. The minimum Gasteiger partial charge on any atom is -0.468 e. The number of nitrogens with two attached hydrogens (primary N) is 3. The zero-order valence-corrected chi connectivity index (χ0v) is 21.2. The number of guanidine groups is 1. The Kier molecular flexibility index (Phi) is 13.5. The highest BCUT2D eigenvalue weighted by Gasteiger charge is 2.40. The average Bonchev–Trinajstić information content (AvgIpc) is 2.88. The molecule has 0 radical (unpaired) electrons. The summed E-state index contributed by atoms with van der Waals surface area (Å²) in [6, 6.07) is 5.73. The first-order chi connectivity index (χ1) is 18.1. The summed E-state index contributed by atoms with van der Waals surface area (Å²) < 4.78 is 9.49. The summed E-state index contributed by atoms with van der Waals surface area (Å²) in [5.41, 5.74) is 15.4. The number of carbonyl (C=O) groups excluding carboxylic acids is 5. The fourth-order valence-corrected chi connectivity index (χ4v) is 3.67. The van der Waals surface area contributed by atoms with Gasteiger partial charge in [-0.3, -0.25) is 24.8 Å². The fraction of sp³-hybridized carbons (Fsp3) is 0.458. The third kappa shape index (κ3) is 11.1. The van der Waals surface area contributed by atoms with Gasteiger partial charge in [0.25, 0.3) is 6.47 Å². The Morgan fingerprint density at radius 3 is 2.53 bits per heavy atom. The van der Waals surface area contributed by atoms with E-state index < -0.39 is 29.4 Å². The number of carbonyl (C=O) groups is 5. The lowest BCUT2D eigenvalue weighted by Crippen LogP contribution is -2.57. The number of nitrogens with zero attached hydrogens (tertiary/aromatic N) is 1. The second kappa shape index (κ2) is 16.3. The van der Waals surface area contributed by atoms with Gasteiger partial charge in [0.1, 0.15) is 17.7 Å². The number of aldehydes is 1. The van der Waals surface area contributed by atoms with Crippen LogP contribution in [0.3, 0.4) is 0 Å². The SMILES string of the molecule is COC(=O)N[C@@](CCOC=O)(Cc1cccc(C(=N)N)c1)C(=O)CCC(=O)N[C@H](C=O)CCCN=C(N)N. The number of aliphatic imine (C=N–C) groups is 1. The van der Waals surface area contributed by atoms with Crippen LogP contribution in [0.1, 0.15) is 43.2 Å². The van der Waals surface area contributed by atoms with Crippen molar-refractivity contribution >= 4 is 42.3 Å². The fourth-order valence-electron chi connectivity index (χ4n) is 3.67. The van der Waals surface area contributed by atoms with Crippen molar-refractivity contribution in [2.24, 2.45) is 22.2 Å². The van der Waals surface area contributed by atoms with E-state index in [0.29, 0.717) is 30.3 Å². The van der Waals surface area contributed by atoms with Crippen LogP contribution in [0.25, 0.3) is 0 Å². The van der Waals surface area contributed by atoms with Crippen LogP contribution in [0.5, 0.6) is 0 Å². The lowest BCUT2D eigenvalue weighted by atomic mass is 9.81. The summed E-state index contributed by atoms with van der Waals surface area (Å²) in [6.07, 6.45) is -0.338. The van der Waals surface area contributed by atoms with Gasteiger partial charge in [-0.15, -0.1) is 0 Å². The molecule has 0 fully saturated rings. The lowest BCUT2D eigenvalue weighted by Gasteiger charge is -2.33. The highest BCUT2D eigenvalue weighted by molar-refractivity contribution is 5.96. The van der Waals surface area contributed by atoms with E-state index in [1.165, 1.54) is 0 Å². The zero-order chi connectivity index (χ0) is 28.6. The monoisotopic (exact) mass is 533 g/mol. The molecule has 208 valence electrons. The van der Waals surface area contributed by atoms with Crippen molar-refractivity contribution in [2.75, 3.05) is 20.3 Å². The molecule has 0 aliphatic carbocycles. The quantitative estimate of drug-likeness (QED) is 0.0597. The molecule has 14 nitrogen and oxygen atoms in total. The van der Waals surface area contributed by atoms with Crippen LogP contribution in [0.15, 0.2) is 29.3 Å². The van der Waals surface area contributed by atoms with Crippen LogP contribution in [-0.4, -0.2) is 74.2 Å². The third-order valence-electron chi connectivity index (χ3n) is 5.58. The smallest absolute Gasteiger partial charge is 0.407 e. The first kappa shape index (κ1) is 31.5. The Morgan fingerprint density at radius 1 is 1.18 bits per heavy atom. The maximum absolute atomic E-state index is 13.5. The van der Waals surface area contributed by atoms with Crippen molar-refractivity contribution in [3.8, 4) is 0 Å². The summed E-state index contributed by atoms with van der Waals surface area (Å²) in [4.78, 5) is 64.1. The van der Waals surface area contributed by atoms with Gasteiger partial charge in [0.05, 0.1) is 19.8 Å². The molecule has 9 N–H and O–H groups in total. The molecule has 0 bridgehead atoms. The number of amides is 2. The third-order valence-corrected chi connectivity index (χ3v) is 5.58. The van der Waals surface area contributed by atoms with Crippen LogP contribution < -0.4 is 27.8 Å². The number of hydrogen-bond acceptors (Lipinski definition) is 9. The summed E-state index contributed by atoms with van der Waals surface area (Å²) in [6.45, 7) is 0.293. The Bertz CT molecular complexity index is 1030. The molecule has 0 aliphatic heterocycles. The molecular formula is C24H35N7O7. The van der Waals surface area contributed by atoms with Crippen LogP contribution in [0.4, 0.5) is 4.79 Å². The molecule has 0 heterocycles. The summed E-state index contributed by atoms with van der Waals surface area (Å²) in [7, 11) is 1.13. The maximum atomic E-state index is 13.5. The molecule has 1 rings (SSSR count). The molecular weight excluding hydrogens is 498 g/mol. The van der Waals surface area contributed by atoms with Crippen LogP contribution in [-0.2, 0) is 35.1 Å². The number of rotatable bonds is 18. The molecule has 2 atom stereocenters. The summed E-state index contributed by atoms with van der Waals surface area (Å²) >= 11 is 0. The van der Waals surface area contributed by atoms with E-state index >= 15 is 0 Å². The first-order valence-corrected chi connectivity index (χ1v) is 11.7. The van der Waals surface area contributed by atoms with E-state index in [-0.39, 0.29) is 57.1 Å². The molecule has 1 aromatic carbocycles. The van der Waals surface area contributed by atoms with Gasteiger partial charge < -0.3 is 42.1 Å². The molecule has 0 unspecified atom stereocenters. The summed E-state index contributed by atoms with van der Waals surface area (Å²) in [5, 5.41) is 12.7. The molecule has 14 heteroatoms. The van der Waals surface area contributed by atoms with Crippen LogP contribution in [0, 0.1) is 5.41 Å². The number of Topliss-reactive ketones (excluding diaryl/α,β-unsaturated/α-hetero) is 1. The maximum Gasteiger partial charge on any atom is 0.407 e. The number of nitrogens with one attached hydrogen (secondary N) is 3. The summed E-state index contributed by atoms with van der Waals surface area (Å²) in [5.74, 6) is -1.34. The second-order valence-corrected chi connectivity index (χ2v) is 8.39. The van der Waals surface area contributed by atoms with Crippen molar-refractivity contribution in [3.05, 3.63) is 35.4 Å². The van der Waals surface area contributed by atoms with Crippen molar-refractivity contribution in [1.82, 2.24) is 10.6 Å². The molecule has 2 amide bonds. The normalized spacial score (nSPS) is 12.7. The number of ketones is 1. The van der Waals surface area contributed by atoms with E-state index in [0.717, 1.165) is 7.11 Å². The molecule has 1 aromatic rings. The number of nitrogen functional groups attached to an aromatic ring is 1. The Hall–Kier alpha value is -4.49. The topological polar surface area (TPSA) is 242 Å². The Balaban J connectivity index is 3.06. The minimum absolute atomic E-state index is 0.0619. The van der Waals surface area contributed by atoms with Crippen molar-refractivity contribution < 1.29 is 33.4 Å². The van der Waals surface area contributed by atoms with Crippen LogP contribution >= 0.6 is 0 Å². The van der Waals surface area contributed by atoms with E-state index in [1.54, 1.807) is 24.3 Å². The van der Waals surface area contributed by atoms with Gasteiger partial charge in [-0.25, -0.2) is 4.79 Å². The highest BCUT2D eigenvalue weighted by Crippen LogP contribution is 2.23. The number of hydrogen-bond donors (Lipinski definition) is 6. The van der Waals surface area contributed by atoms with Gasteiger partial charge in [0.2, 0.25) is 5.91 Å². The van der Waals surface area contributed by atoms with Crippen molar-refractivity contribution in [2.45, 2.75) is 50.1 Å². The first-order valence-electron chi connectivity index (χ1n) is 11.7. The van der Waals surface area contributed by atoms with Gasteiger partial charge in [-0.2, -0.15) is 0 Å². The predicted molar refractivity (Wildman–Crippen MR) is 138 cm³/mol. The van der Waals surface area contributed by atoms with Gasteiger partial charge >= 0.3 is 6.09 Å². The minimum atomic E-state index is -1.62. The molecule has 0 aliphatic rings. The molecule has 38 heavy (non-hydrogen) atoms. The number of benzene rings is 1. The molecule has 0 aromatic heterocycles. The van der Waals surface area contributed by atoms with Gasteiger partial charge in [0.15, 0.2) is 11.7 Å². The Labute approximate surface area is 220 Å². The molecule has 0 spiro atoms. The second-order valence-electron chi connectivity index (χ2n) is 8.39. The average molecular weight is 534 g/mol. The Morgan fingerprint density at radius 2 is 1.92 bits per heavy atom. The van der Waals surface area contributed by atoms with E-state index in [4.69, 9.17) is 32.1 Å². The standard InChI is InChI=1S/C24H35N7O7/c1-37-23(36)31-24(9-11-38-15-33,13-16-4-2-5-17(12-16)21(25)26)19(34)7-8-20(35)30-18(14-32)6-3-10-29-22(27)28/h2,4-5,12,14-15,18H,3,6-11,13H2,1H3,(H3,25,26)(H,30,35)(H,31,36)(H4,27,28,29)/t18-,24-/m0/s1. The molecule has 0 saturated heterocycles. The molecule has 0 saturated carbocycles. The van der Waals surface area contributed by atoms with Gasteiger partial charge in [-0.05, 0) is 24.5 Å². The van der Waals surface area contributed by atoms with Gasteiger partial charge in [0, 0.05) is 37.8 Å². The number of ether oxygens (including phenoxy) is 2. The van der Waals surface area contributed by atoms with Crippen molar-refractivity contribution in [1.29, 1.82) is 5.41 Å². The largest absolute Gasteiger partial charge is 0.468 e. The van der Waals surface area contributed by atoms with Crippen LogP contribution in [0.2, 0.25) is 0 Å². The number of methoxy groups -OCH3 is 1. The van der Waals surface area contributed by atoms with E-state index in [1.807, 2.05) is 0 Å². The number of amidine groups is 1. The predicted octanol–water partition coefficient (Wildman–Crippen LogP) is -0.742. The zero-order valence-electron chi connectivity index (χ0n) is 21.2. The van der Waals surface area contributed by atoms with E-state index in [2.05, 4.69) is 15.6 Å².